The van der Waals surface area contributed by atoms with E-state index in [0.717, 1.165) is 23.7 Å². The van der Waals surface area contributed by atoms with Crippen LogP contribution < -0.4 is 5.32 Å². The van der Waals surface area contributed by atoms with Crippen LogP contribution in [0.2, 0.25) is 0 Å². The predicted molar refractivity (Wildman–Crippen MR) is 78.1 cm³/mol. The monoisotopic (exact) mass is 294 g/mol. The summed E-state index contributed by atoms with van der Waals surface area (Å²) in [6, 6.07) is 1.74. The first-order valence-electron chi connectivity index (χ1n) is 6.25. The van der Waals surface area contributed by atoms with Crippen LogP contribution in [0.5, 0.6) is 0 Å². The summed E-state index contributed by atoms with van der Waals surface area (Å²) < 4.78 is 1.55. The van der Waals surface area contributed by atoms with Gasteiger partial charge in [0.25, 0.3) is 5.91 Å². The fourth-order valence-corrected chi connectivity index (χ4v) is 2.43. The molecule has 20 heavy (non-hydrogen) atoms. The zero-order chi connectivity index (χ0) is 14.7. The van der Waals surface area contributed by atoms with Crippen molar-refractivity contribution in [1.29, 1.82) is 0 Å². The van der Waals surface area contributed by atoms with Crippen molar-refractivity contribution in [3.05, 3.63) is 22.5 Å². The van der Waals surface area contributed by atoms with E-state index >= 15 is 0 Å². The molecule has 0 aliphatic carbocycles. The van der Waals surface area contributed by atoms with E-state index in [4.69, 9.17) is 0 Å². The van der Waals surface area contributed by atoms with Crippen molar-refractivity contribution >= 4 is 22.4 Å². The quantitative estimate of drug-likeness (QED) is 0.888. The third-order valence-corrected chi connectivity index (χ3v) is 3.59. The predicted octanol–water partition coefficient (Wildman–Crippen LogP) is 0.936. The van der Waals surface area contributed by atoms with Gasteiger partial charge in [-0.3, -0.25) is 14.8 Å². The molecule has 2 aromatic heterocycles. The molecular formula is C12H18N6OS. The SMILES string of the molecule is Cc1cc(C(=O)Nc2nnc(CCN(C)C)s2)n(C)n1. The molecule has 0 saturated heterocycles. The highest BCUT2D eigenvalue weighted by Gasteiger charge is 2.14. The number of hydrogen-bond acceptors (Lipinski definition) is 6. The van der Waals surface area contributed by atoms with Gasteiger partial charge in [-0.05, 0) is 27.1 Å². The highest BCUT2D eigenvalue weighted by atomic mass is 32.1. The number of carbonyl (C=O) groups excluding carboxylic acids is 1. The normalized spacial score (nSPS) is 11.1. The Bertz CT molecular complexity index is 603. The Morgan fingerprint density at radius 1 is 1.45 bits per heavy atom. The average Bonchev–Trinajstić information content (AvgIpc) is 2.93. The molecular weight excluding hydrogens is 276 g/mol. The van der Waals surface area contributed by atoms with Crippen molar-refractivity contribution in [2.75, 3.05) is 26.0 Å². The highest BCUT2D eigenvalue weighted by Crippen LogP contribution is 2.17. The number of anilines is 1. The van der Waals surface area contributed by atoms with E-state index in [-0.39, 0.29) is 5.91 Å². The van der Waals surface area contributed by atoms with Crippen LogP contribution in [0.1, 0.15) is 21.2 Å². The van der Waals surface area contributed by atoms with Crippen LogP contribution >= 0.6 is 11.3 Å². The summed E-state index contributed by atoms with van der Waals surface area (Å²) in [5.74, 6) is -0.219. The van der Waals surface area contributed by atoms with Gasteiger partial charge in [-0.15, -0.1) is 10.2 Å². The van der Waals surface area contributed by atoms with Crippen LogP contribution in [0.15, 0.2) is 6.07 Å². The number of likely N-dealkylation sites (N-methyl/N-ethyl adjacent to an activating group) is 1. The maximum atomic E-state index is 12.1. The van der Waals surface area contributed by atoms with Crippen molar-refractivity contribution in [2.45, 2.75) is 13.3 Å². The Morgan fingerprint density at radius 2 is 2.20 bits per heavy atom. The Kier molecular flexibility index (Phi) is 4.46. The Labute approximate surface area is 121 Å². The molecule has 0 unspecified atom stereocenters. The summed E-state index contributed by atoms with van der Waals surface area (Å²) >= 11 is 1.40. The summed E-state index contributed by atoms with van der Waals surface area (Å²) in [6.07, 6.45) is 0.825. The van der Waals surface area contributed by atoms with Gasteiger partial charge in [0.2, 0.25) is 5.13 Å². The molecule has 0 bridgehead atoms. The van der Waals surface area contributed by atoms with Crippen molar-refractivity contribution in [1.82, 2.24) is 24.9 Å². The molecule has 2 heterocycles. The smallest absolute Gasteiger partial charge is 0.275 e. The largest absolute Gasteiger partial charge is 0.309 e. The van der Waals surface area contributed by atoms with Gasteiger partial charge >= 0.3 is 0 Å². The minimum Gasteiger partial charge on any atom is -0.309 e. The van der Waals surface area contributed by atoms with E-state index in [0.29, 0.717) is 10.8 Å². The second-order valence-electron chi connectivity index (χ2n) is 4.80. The van der Waals surface area contributed by atoms with Gasteiger partial charge in [-0.1, -0.05) is 11.3 Å². The third kappa shape index (κ3) is 3.61. The van der Waals surface area contributed by atoms with Crippen molar-refractivity contribution in [2.24, 2.45) is 7.05 Å². The lowest BCUT2D eigenvalue weighted by Gasteiger charge is -2.05. The first-order valence-corrected chi connectivity index (χ1v) is 7.06. The lowest BCUT2D eigenvalue weighted by Crippen LogP contribution is -2.15. The van der Waals surface area contributed by atoms with Gasteiger partial charge in [0.05, 0.1) is 5.69 Å². The van der Waals surface area contributed by atoms with Crippen LogP contribution in [0.25, 0.3) is 0 Å². The van der Waals surface area contributed by atoms with E-state index in [1.165, 1.54) is 11.3 Å². The van der Waals surface area contributed by atoms with Gasteiger partial charge in [0, 0.05) is 20.0 Å². The standard InChI is InChI=1S/C12H18N6OS/c1-8-7-9(18(4)16-8)11(19)13-12-15-14-10(20-12)5-6-17(2)3/h7H,5-6H2,1-4H3,(H,13,15,19). The van der Waals surface area contributed by atoms with Gasteiger partial charge < -0.3 is 4.90 Å². The molecule has 0 radical (unpaired) electrons. The van der Waals surface area contributed by atoms with Crippen LogP contribution in [-0.2, 0) is 13.5 Å². The van der Waals surface area contributed by atoms with Crippen LogP contribution in [-0.4, -0.2) is 51.4 Å². The first-order chi connectivity index (χ1) is 9.45. The Hall–Kier alpha value is -1.80. The Balaban J connectivity index is 2.00. The van der Waals surface area contributed by atoms with E-state index in [2.05, 4.69) is 25.5 Å². The molecule has 1 amide bonds. The molecule has 7 nitrogen and oxygen atoms in total. The molecule has 1 N–H and O–H groups in total. The van der Waals surface area contributed by atoms with E-state index in [1.807, 2.05) is 21.0 Å². The number of amides is 1. The van der Waals surface area contributed by atoms with Gasteiger partial charge in [-0.2, -0.15) is 5.10 Å². The van der Waals surface area contributed by atoms with Crippen molar-refractivity contribution < 1.29 is 4.79 Å². The molecule has 0 spiro atoms. The van der Waals surface area contributed by atoms with Crippen molar-refractivity contribution in [3.8, 4) is 0 Å². The number of nitrogens with zero attached hydrogens (tertiary/aromatic N) is 5. The maximum Gasteiger partial charge on any atom is 0.275 e. The summed E-state index contributed by atoms with van der Waals surface area (Å²) in [5, 5.41) is 16.4. The number of hydrogen-bond donors (Lipinski definition) is 1. The van der Waals surface area contributed by atoms with Gasteiger partial charge in [0.15, 0.2) is 0 Å². The molecule has 0 fully saturated rings. The molecule has 2 rings (SSSR count). The second kappa shape index (κ2) is 6.10. The molecule has 0 atom stereocenters. The van der Waals surface area contributed by atoms with E-state index in [1.54, 1.807) is 17.8 Å². The zero-order valence-corrected chi connectivity index (χ0v) is 12.9. The third-order valence-electron chi connectivity index (χ3n) is 2.69. The summed E-state index contributed by atoms with van der Waals surface area (Å²) in [6.45, 7) is 2.75. The maximum absolute atomic E-state index is 12.1. The summed E-state index contributed by atoms with van der Waals surface area (Å²) in [5.41, 5.74) is 1.31. The van der Waals surface area contributed by atoms with Gasteiger partial charge in [-0.25, -0.2) is 0 Å². The summed E-state index contributed by atoms with van der Waals surface area (Å²) in [4.78, 5) is 14.2. The number of aryl methyl sites for hydroxylation is 2. The fourth-order valence-electron chi connectivity index (χ4n) is 1.71. The molecule has 0 aromatic carbocycles. The fraction of sp³-hybridized carbons (Fsp3) is 0.500. The number of carbonyl (C=O) groups is 1. The topological polar surface area (TPSA) is 75.9 Å². The lowest BCUT2D eigenvalue weighted by molar-refractivity contribution is 0.101. The minimum absolute atomic E-state index is 0.219. The molecule has 0 aliphatic heterocycles. The molecule has 0 aliphatic rings. The Morgan fingerprint density at radius 3 is 2.80 bits per heavy atom. The minimum atomic E-state index is -0.219. The number of rotatable bonds is 5. The van der Waals surface area contributed by atoms with Crippen LogP contribution in [0.3, 0.4) is 0 Å². The van der Waals surface area contributed by atoms with Crippen LogP contribution in [0.4, 0.5) is 5.13 Å². The zero-order valence-electron chi connectivity index (χ0n) is 12.0. The summed E-state index contributed by atoms with van der Waals surface area (Å²) in [7, 11) is 5.76. The molecule has 0 saturated carbocycles. The van der Waals surface area contributed by atoms with E-state index in [9.17, 15) is 4.79 Å². The van der Waals surface area contributed by atoms with Crippen LogP contribution in [0, 0.1) is 6.92 Å². The van der Waals surface area contributed by atoms with Crippen molar-refractivity contribution in [3.63, 3.8) is 0 Å². The van der Waals surface area contributed by atoms with E-state index < -0.39 is 0 Å². The molecule has 108 valence electrons. The molecule has 2 aromatic rings. The first kappa shape index (κ1) is 14.6. The second-order valence-corrected chi connectivity index (χ2v) is 5.86. The average molecular weight is 294 g/mol. The lowest BCUT2D eigenvalue weighted by atomic mass is 10.3. The molecule has 8 heteroatoms. The number of nitrogens with one attached hydrogen (secondary N) is 1. The van der Waals surface area contributed by atoms with Gasteiger partial charge in [0.1, 0.15) is 10.7 Å². The highest BCUT2D eigenvalue weighted by molar-refractivity contribution is 7.15. The number of aromatic nitrogens is 4.